The number of carbonyl (C=O) groups excluding carboxylic acids is 2. The molecule has 2 saturated heterocycles. The number of ketones is 1. The first-order valence-electron chi connectivity index (χ1n) is 11.1. The molecule has 3 aromatic rings. The van der Waals surface area contributed by atoms with Crippen LogP contribution in [0.15, 0.2) is 83.3 Å². The van der Waals surface area contributed by atoms with Gasteiger partial charge in [-0.1, -0.05) is 76.6 Å². The summed E-state index contributed by atoms with van der Waals surface area (Å²) in [5.74, 6) is -0.600. The molecule has 0 bridgehead atoms. The highest BCUT2D eigenvalue weighted by Gasteiger charge is 2.69. The van der Waals surface area contributed by atoms with Gasteiger partial charge in [0, 0.05) is 33.2 Å². The third-order valence-electron chi connectivity index (χ3n) is 7.49. The van der Waals surface area contributed by atoms with Crippen molar-refractivity contribution >= 4 is 33.3 Å². The first kappa shape index (κ1) is 19.9. The van der Waals surface area contributed by atoms with Crippen molar-refractivity contribution < 1.29 is 9.59 Å². The second kappa shape index (κ2) is 7.39. The number of benzene rings is 3. The van der Waals surface area contributed by atoms with Crippen LogP contribution >= 0.6 is 15.9 Å². The zero-order valence-corrected chi connectivity index (χ0v) is 19.1. The molecule has 3 heterocycles. The van der Waals surface area contributed by atoms with Crippen LogP contribution in [0, 0.1) is 5.92 Å². The highest BCUT2D eigenvalue weighted by molar-refractivity contribution is 9.10. The quantitative estimate of drug-likeness (QED) is 0.507. The van der Waals surface area contributed by atoms with E-state index in [1.54, 1.807) is 0 Å². The average Bonchev–Trinajstić information content (AvgIpc) is 3.48. The van der Waals surface area contributed by atoms with Crippen molar-refractivity contribution in [2.45, 2.75) is 30.3 Å². The molecule has 3 aliphatic heterocycles. The van der Waals surface area contributed by atoms with Gasteiger partial charge in [-0.3, -0.25) is 14.5 Å². The third-order valence-corrected chi connectivity index (χ3v) is 7.98. The Labute approximate surface area is 195 Å². The van der Waals surface area contributed by atoms with Gasteiger partial charge in [-0.05, 0) is 43.1 Å². The van der Waals surface area contributed by atoms with Gasteiger partial charge in [0.25, 0.3) is 0 Å². The monoisotopic (exact) mass is 486 g/mol. The summed E-state index contributed by atoms with van der Waals surface area (Å²) in [6, 6.07) is 25.8. The molecule has 2 fully saturated rings. The van der Waals surface area contributed by atoms with Crippen molar-refractivity contribution in [1.82, 2.24) is 4.90 Å². The van der Waals surface area contributed by atoms with E-state index in [4.69, 9.17) is 0 Å². The fourth-order valence-electron chi connectivity index (χ4n) is 6.36. The maximum atomic E-state index is 14.2. The molecule has 6 rings (SSSR count). The summed E-state index contributed by atoms with van der Waals surface area (Å²) in [4.78, 5) is 30.5. The van der Waals surface area contributed by atoms with Crippen LogP contribution in [-0.2, 0) is 10.3 Å². The summed E-state index contributed by atoms with van der Waals surface area (Å²) in [5.41, 5.74) is 2.51. The molecule has 0 aliphatic carbocycles. The molecule has 5 heteroatoms. The molecule has 3 aliphatic rings. The number of carbonyl (C=O) groups is 2. The number of rotatable bonds is 3. The topological polar surface area (TPSA) is 49.4 Å². The molecular formula is C27H23BrN2O2. The lowest BCUT2D eigenvalue weighted by Crippen LogP contribution is -2.52. The van der Waals surface area contributed by atoms with E-state index in [1.807, 2.05) is 66.7 Å². The molecule has 4 nitrogen and oxygen atoms in total. The van der Waals surface area contributed by atoms with E-state index in [2.05, 4.69) is 38.3 Å². The fourth-order valence-corrected chi connectivity index (χ4v) is 6.72. The van der Waals surface area contributed by atoms with Crippen LogP contribution in [0.5, 0.6) is 0 Å². The van der Waals surface area contributed by atoms with E-state index in [-0.39, 0.29) is 23.7 Å². The summed E-state index contributed by atoms with van der Waals surface area (Å²) >= 11 is 3.61. The number of anilines is 1. The van der Waals surface area contributed by atoms with Gasteiger partial charge in [-0.15, -0.1) is 0 Å². The van der Waals surface area contributed by atoms with Crippen molar-refractivity contribution in [3.8, 4) is 0 Å². The number of hydrogen-bond donors (Lipinski definition) is 1. The molecule has 0 saturated carbocycles. The van der Waals surface area contributed by atoms with Gasteiger partial charge in [0.2, 0.25) is 5.91 Å². The number of hydrogen-bond acceptors (Lipinski definition) is 3. The van der Waals surface area contributed by atoms with Gasteiger partial charge in [0.1, 0.15) is 5.54 Å². The Balaban J connectivity index is 1.63. The number of amides is 1. The van der Waals surface area contributed by atoms with Gasteiger partial charge in [0.05, 0.1) is 5.92 Å². The summed E-state index contributed by atoms with van der Waals surface area (Å²) in [6.45, 7) is 0.811. The normalized spacial score (nSPS) is 28.5. The zero-order chi connectivity index (χ0) is 21.9. The fraction of sp³-hybridized carbons (Fsp3) is 0.259. The number of Topliss-reactive ketones (excluding diaryl/α,β-unsaturated/α-hetero) is 1. The van der Waals surface area contributed by atoms with E-state index in [1.165, 1.54) is 0 Å². The van der Waals surface area contributed by atoms with Gasteiger partial charge < -0.3 is 5.32 Å². The Bertz CT molecular complexity index is 1210. The lowest BCUT2D eigenvalue weighted by Gasteiger charge is -2.37. The predicted molar refractivity (Wildman–Crippen MR) is 128 cm³/mol. The minimum atomic E-state index is -1.01. The molecule has 160 valence electrons. The van der Waals surface area contributed by atoms with Crippen LogP contribution in [0.3, 0.4) is 0 Å². The second-order valence-electron chi connectivity index (χ2n) is 8.96. The average molecular weight is 487 g/mol. The summed E-state index contributed by atoms with van der Waals surface area (Å²) in [7, 11) is 0. The highest BCUT2D eigenvalue weighted by atomic mass is 79.9. The number of fused-ring (bicyclic) bond motifs is 4. The van der Waals surface area contributed by atoms with Gasteiger partial charge >= 0.3 is 0 Å². The maximum Gasteiger partial charge on any atom is 0.250 e. The highest BCUT2D eigenvalue weighted by Crippen LogP contribution is 2.61. The van der Waals surface area contributed by atoms with E-state index >= 15 is 0 Å². The minimum Gasteiger partial charge on any atom is -0.324 e. The Morgan fingerprint density at radius 1 is 1.00 bits per heavy atom. The molecule has 0 aromatic heterocycles. The lowest BCUT2D eigenvalue weighted by molar-refractivity contribution is -0.127. The van der Waals surface area contributed by atoms with E-state index in [0.717, 1.165) is 40.7 Å². The first-order valence-corrected chi connectivity index (χ1v) is 11.9. The summed E-state index contributed by atoms with van der Waals surface area (Å²) in [6.07, 6.45) is 2.01. The Morgan fingerprint density at radius 3 is 2.47 bits per heavy atom. The van der Waals surface area contributed by atoms with Crippen LogP contribution in [0.2, 0.25) is 0 Å². The Kier molecular flexibility index (Phi) is 4.60. The largest absolute Gasteiger partial charge is 0.324 e. The molecule has 0 radical (unpaired) electrons. The Morgan fingerprint density at radius 2 is 1.72 bits per heavy atom. The van der Waals surface area contributed by atoms with Gasteiger partial charge in [0.15, 0.2) is 5.78 Å². The number of nitrogens with one attached hydrogen (secondary N) is 1. The van der Waals surface area contributed by atoms with Crippen molar-refractivity contribution in [3.63, 3.8) is 0 Å². The van der Waals surface area contributed by atoms with Crippen molar-refractivity contribution in [3.05, 3.63) is 100 Å². The van der Waals surface area contributed by atoms with E-state index < -0.39 is 11.5 Å². The molecular weight excluding hydrogens is 464 g/mol. The SMILES string of the molecule is O=C(c1ccccc1)C1C(c2ccccc2)C2CCCN2[C@@]12C(=O)Nc1ccc(Br)cc12. The third kappa shape index (κ3) is 2.64. The summed E-state index contributed by atoms with van der Waals surface area (Å²) in [5, 5.41) is 3.12. The molecule has 32 heavy (non-hydrogen) atoms. The smallest absolute Gasteiger partial charge is 0.250 e. The van der Waals surface area contributed by atoms with Crippen LogP contribution in [-0.4, -0.2) is 29.2 Å². The van der Waals surface area contributed by atoms with Crippen LogP contribution in [0.4, 0.5) is 5.69 Å². The second-order valence-corrected chi connectivity index (χ2v) is 9.87. The van der Waals surface area contributed by atoms with Crippen LogP contribution < -0.4 is 5.32 Å². The minimum absolute atomic E-state index is 0.0387. The van der Waals surface area contributed by atoms with Crippen LogP contribution in [0.25, 0.3) is 0 Å². The van der Waals surface area contributed by atoms with Gasteiger partial charge in [-0.2, -0.15) is 0 Å². The van der Waals surface area contributed by atoms with Crippen molar-refractivity contribution in [2.75, 3.05) is 11.9 Å². The number of halogens is 1. The van der Waals surface area contributed by atoms with Crippen LogP contribution in [0.1, 0.15) is 40.2 Å². The van der Waals surface area contributed by atoms with Crippen molar-refractivity contribution in [1.29, 1.82) is 0 Å². The molecule has 4 atom stereocenters. The molecule has 3 aromatic carbocycles. The number of nitrogens with zero attached hydrogens (tertiary/aromatic N) is 1. The Hall–Kier alpha value is -2.76. The molecule has 1 amide bonds. The molecule has 1 spiro atoms. The van der Waals surface area contributed by atoms with E-state index in [0.29, 0.717) is 5.56 Å². The summed E-state index contributed by atoms with van der Waals surface area (Å²) < 4.78 is 0.914. The van der Waals surface area contributed by atoms with E-state index in [9.17, 15) is 9.59 Å². The lowest BCUT2D eigenvalue weighted by atomic mass is 9.69. The molecule has 1 N–H and O–H groups in total. The standard InChI is InChI=1S/C27H23BrN2O2/c28-19-13-14-21-20(16-19)27(26(32)29-21)24(25(31)18-10-5-2-6-11-18)23(17-8-3-1-4-9-17)22-12-7-15-30(22)27/h1-6,8-11,13-14,16,22-24H,7,12,15H2,(H,29,32)/t22?,23?,24?,27-/m1/s1. The van der Waals surface area contributed by atoms with Gasteiger partial charge in [-0.25, -0.2) is 0 Å². The van der Waals surface area contributed by atoms with Crippen molar-refractivity contribution in [2.24, 2.45) is 5.92 Å². The molecule has 3 unspecified atom stereocenters. The zero-order valence-electron chi connectivity index (χ0n) is 17.5. The first-order chi connectivity index (χ1) is 15.6. The predicted octanol–water partition coefficient (Wildman–Crippen LogP) is 5.36. The maximum absolute atomic E-state index is 14.2.